The summed E-state index contributed by atoms with van der Waals surface area (Å²) < 4.78 is 0. The van der Waals surface area contributed by atoms with E-state index in [2.05, 4.69) is 43.4 Å². The summed E-state index contributed by atoms with van der Waals surface area (Å²) >= 11 is 0. The van der Waals surface area contributed by atoms with Gasteiger partial charge in [0, 0.05) is 13.1 Å². The molecular weight excluding hydrogens is 246 g/mol. The third kappa shape index (κ3) is 4.71. The number of hydrogen-bond donors (Lipinski definition) is 2. The van der Waals surface area contributed by atoms with E-state index >= 15 is 0 Å². The van der Waals surface area contributed by atoms with Crippen LogP contribution in [0.4, 0.5) is 0 Å². The van der Waals surface area contributed by atoms with Crippen molar-refractivity contribution in [3.63, 3.8) is 0 Å². The quantitative estimate of drug-likeness (QED) is 0.834. The molecule has 0 aliphatic heterocycles. The first kappa shape index (κ1) is 14.6. The molecule has 0 saturated heterocycles. The van der Waals surface area contributed by atoms with E-state index < -0.39 is 0 Å². The zero-order valence-electron chi connectivity index (χ0n) is 12.3. The molecule has 2 nitrogen and oxygen atoms in total. The molecule has 2 rings (SSSR count). The highest BCUT2D eigenvalue weighted by Crippen LogP contribution is 2.11. The van der Waals surface area contributed by atoms with Crippen LogP contribution in [0, 0.1) is 5.92 Å². The molecule has 0 saturated carbocycles. The van der Waals surface area contributed by atoms with Gasteiger partial charge in [0.25, 0.3) is 0 Å². The molecule has 2 N–H and O–H groups in total. The Morgan fingerprint density at radius 3 is 1.75 bits per heavy atom. The summed E-state index contributed by atoms with van der Waals surface area (Å²) in [6.45, 7) is 6.16. The number of benzene rings is 2. The summed E-state index contributed by atoms with van der Waals surface area (Å²) in [5.74, 6) is 1.02. The molecule has 20 heavy (non-hydrogen) atoms. The number of hydrogen-bond acceptors (Lipinski definition) is 2. The number of aromatic hydroxyl groups is 1. The molecule has 2 aromatic carbocycles. The minimum atomic E-state index is 0.314. The Labute approximate surface area is 121 Å². The van der Waals surface area contributed by atoms with Crippen LogP contribution in [0.5, 0.6) is 5.75 Å². The summed E-state index contributed by atoms with van der Waals surface area (Å²) in [6.07, 6.45) is 1.14. The lowest BCUT2D eigenvalue weighted by molar-refractivity contribution is 0.475. The van der Waals surface area contributed by atoms with Crippen molar-refractivity contribution in [2.24, 2.45) is 5.92 Å². The molecule has 0 heterocycles. The van der Waals surface area contributed by atoms with Crippen LogP contribution in [0.2, 0.25) is 0 Å². The first-order chi connectivity index (χ1) is 9.63. The van der Waals surface area contributed by atoms with Gasteiger partial charge in [-0.15, -0.1) is 0 Å². The molecule has 0 atom stereocenters. The van der Waals surface area contributed by atoms with E-state index in [1.165, 1.54) is 16.7 Å². The number of rotatable bonds is 6. The zero-order chi connectivity index (χ0) is 14.4. The van der Waals surface area contributed by atoms with Crippen LogP contribution in [-0.2, 0) is 19.5 Å². The van der Waals surface area contributed by atoms with E-state index in [0.717, 1.165) is 19.5 Å². The predicted octanol–water partition coefficient (Wildman–Crippen LogP) is 3.88. The van der Waals surface area contributed by atoms with Crippen molar-refractivity contribution in [3.05, 3.63) is 65.2 Å². The Balaban J connectivity index is 1.80. The van der Waals surface area contributed by atoms with E-state index in [4.69, 9.17) is 0 Å². The van der Waals surface area contributed by atoms with Gasteiger partial charge in [-0.2, -0.15) is 0 Å². The molecule has 2 heteroatoms. The van der Waals surface area contributed by atoms with Crippen LogP contribution < -0.4 is 5.32 Å². The Kier molecular flexibility index (Phi) is 5.19. The standard InChI is InChI=1S/C18H23NO/c1-14(2)11-15-3-5-16(6-4-15)12-19-13-17-7-9-18(20)10-8-17/h3-10,14,19-20H,11-13H2,1-2H3. The van der Waals surface area contributed by atoms with E-state index in [1.54, 1.807) is 12.1 Å². The van der Waals surface area contributed by atoms with Crippen LogP contribution in [-0.4, -0.2) is 5.11 Å². The molecule has 0 aliphatic carbocycles. The van der Waals surface area contributed by atoms with Gasteiger partial charge in [0.15, 0.2) is 0 Å². The third-order valence-corrected chi connectivity index (χ3v) is 3.26. The van der Waals surface area contributed by atoms with Gasteiger partial charge in [-0.25, -0.2) is 0 Å². The smallest absolute Gasteiger partial charge is 0.115 e. The van der Waals surface area contributed by atoms with Crippen molar-refractivity contribution < 1.29 is 5.11 Å². The molecule has 0 radical (unpaired) electrons. The number of phenols is 1. The molecule has 0 fully saturated rings. The molecule has 0 spiro atoms. The topological polar surface area (TPSA) is 32.3 Å². The molecule has 0 unspecified atom stereocenters. The van der Waals surface area contributed by atoms with Crippen LogP contribution in [0.15, 0.2) is 48.5 Å². The van der Waals surface area contributed by atoms with Crippen molar-refractivity contribution in [1.29, 1.82) is 0 Å². The highest BCUT2D eigenvalue weighted by molar-refractivity contribution is 5.26. The Hall–Kier alpha value is -1.80. The molecule has 0 aromatic heterocycles. The second kappa shape index (κ2) is 7.11. The lowest BCUT2D eigenvalue weighted by Crippen LogP contribution is -2.12. The van der Waals surface area contributed by atoms with Gasteiger partial charge in [0.1, 0.15) is 5.75 Å². The number of phenolic OH excluding ortho intramolecular Hbond substituents is 1. The first-order valence-corrected chi connectivity index (χ1v) is 7.20. The third-order valence-electron chi connectivity index (χ3n) is 3.26. The van der Waals surface area contributed by atoms with Crippen LogP contribution in [0.1, 0.15) is 30.5 Å². The average molecular weight is 269 g/mol. The second-order valence-corrected chi connectivity index (χ2v) is 5.68. The summed E-state index contributed by atoms with van der Waals surface area (Å²) in [4.78, 5) is 0. The number of nitrogens with one attached hydrogen (secondary N) is 1. The minimum absolute atomic E-state index is 0.314. The largest absolute Gasteiger partial charge is 0.508 e. The minimum Gasteiger partial charge on any atom is -0.508 e. The molecule has 0 aliphatic rings. The average Bonchev–Trinajstić information content (AvgIpc) is 2.42. The van der Waals surface area contributed by atoms with Gasteiger partial charge in [-0.3, -0.25) is 0 Å². The van der Waals surface area contributed by atoms with Gasteiger partial charge >= 0.3 is 0 Å². The fraction of sp³-hybridized carbons (Fsp3) is 0.333. The van der Waals surface area contributed by atoms with Crippen molar-refractivity contribution >= 4 is 0 Å². The van der Waals surface area contributed by atoms with Crippen molar-refractivity contribution in [2.45, 2.75) is 33.4 Å². The van der Waals surface area contributed by atoms with E-state index in [0.29, 0.717) is 11.7 Å². The van der Waals surface area contributed by atoms with Crippen molar-refractivity contribution in [2.75, 3.05) is 0 Å². The molecule has 106 valence electrons. The fourth-order valence-corrected chi connectivity index (χ4v) is 2.23. The zero-order valence-corrected chi connectivity index (χ0v) is 12.3. The lowest BCUT2D eigenvalue weighted by Gasteiger charge is -2.08. The summed E-state index contributed by atoms with van der Waals surface area (Å²) in [7, 11) is 0. The van der Waals surface area contributed by atoms with Crippen LogP contribution >= 0.6 is 0 Å². The fourth-order valence-electron chi connectivity index (χ4n) is 2.23. The van der Waals surface area contributed by atoms with Crippen molar-refractivity contribution in [3.8, 4) is 5.75 Å². The van der Waals surface area contributed by atoms with Gasteiger partial charge in [0.2, 0.25) is 0 Å². The van der Waals surface area contributed by atoms with Gasteiger partial charge in [-0.05, 0) is 41.2 Å². The van der Waals surface area contributed by atoms with Gasteiger partial charge in [0.05, 0.1) is 0 Å². The van der Waals surface area contributed by atoms with E-state index in [9.17, 15) is 5.11 Å². The summed E-state index contributed by atoms with van der Waals surface area (Å²) in [6, 6.07) is 16.1. The predicted molar refractivity (Wildman–Crippen MR) is 83.6 cm³/mol. The van der Waals surface area contributed by atoms with Gasteiger partial charge < -0.3 is 10.4 Å². The SMILES string of the molecule is CC(C)Cc1ccc(CNCc2ccc(O)cc2)cc1. The Morgan fingerprint density at radius 1 is 0.800 bits per heavy atom. The molecule has 2 aromatic rings. The van der Waals surface area contributed by atoms with Crippen LogP contribution in [0.25, 0.3) is 0 Å². The van der Waals surface area contributed by atoms with E-state index in [-0.39, 0.29) is 0 Å². The normalized spacial score (nSPS) is 10.9. The van der Waals surface area contributed by atoms with Crippen molar-refractivity contribution in [1.82, 2.24) is 5.32 Å². The first-order valence-electron chi connectivity index (χ1n) is 7.20. The second-order valence-electron chi connectivity index (χ2n) is 5.68. The maximum Gasteiger partial charge on any atom is 0.115 e. The maximum absolute atomic E-state index is 9.23. The summed E-state index contributed by atoms with van der Waals surface area (Å²) in [5, 5.41) is 12.6. The summed E-state index contributed by atoms with van der Waals surface area (Å²) in [5.41, 5.74) is 3.89. The highest BCUT2D eigenvalue weighted by Gasteiger charge is 1.99. The Morgan fingerprint density at radius 2 is 1.25 bits per heavy atom. The molecular formula is C18H23NO. The molecule has 0 bridgehead atoms. The highest BCUT2D eigenvalue weighted by atomic mass is 16.3. The van der Waals surface area contributed by atoms with E-state index in [1.807, 2.05) is 12.1 Å². The molecule has 0 amide bonds. The Bertz CT molecular complexity index is 514. The lowest BCUT2D eigenvalue weighted by atomic mass is 10.0. The monoisotopic (exact) mass is 269 g/mol. The maximum atomic E-state index is 9.23. The van der Waals surface area contributed by atoms with Crippen LogP contribution in [0.3, 0.4) is 0 Å². The van der Waals surface area contributed by atoms with Gasteiger partial charge in [-0.1, -0.05) is 50.2 Å².